The Bertz CT molecular complexity index is 770. The fourth-order valence-electron chi connectivity index (χ4n) is 3.64. The molecule has 7 nitrogen and oxygen atoms in total. The van der Waals surface area contributed by atoms with Crippen molar-refractivity contribution in [1.82, 2.24) is 4.90 Å². The SMILES string of the molecule is CCOC(=O)C(C[C@@H](C)C[C@@H]1CCCN1C(=O)OC(C)(C)C)=Nc1ccccc1N. The molecule has 2 N–H and O–H groups in total. The zero-order chi connectivity index (χ0) is 22.3. The number of hydrogen-bond donors (Lipinski definition) is 1. The van der Waals surface area contributed by atoms with E-state index in [9.17, 15) is 9.59 Å². The van der Waals surface area contributed by atoms with Crippen LogP contribution >= 0.6 is 0 Å². The van der Waals surface area contributed by atoms with E-state index in [0.29, 0.717) is 30.1 Å². The van der Waals surface area contributed by atoms with E-state index in [-0.39, 0.29) is 24.7 Å². The fraction of sp³-hybridized carbons (Fsp3) is 0.609. The van der Waals surface area contributed by atoms with Crippen LogP contribution in [0.4, 0.5) is 16.2 Å². The first-order valence-electron chi connectivity index (χ1n) is 10.7. The summed E-state index contributed by atoms with van der Waals surface area (Å²) < 4.78 is 10.8. The van der Waals surface area contributed by atoms with E-state index in [4.69, 9.17) is 15.2 Å². The Labute approximate surface area is 179 Å². The van der Waals surface area contributed by atoms with Crippen LogP contribution in [0.1, 0.15) is 60.3 Å². The minimum Gasteiger partial charge on any atom is -0.462 e. The number of hydrogen-bond acceptors (Lipinski definition) is 6. The van der Waals surface area contributed by atoms with Crippen LogP contribution in [-0.2, 0) is 14.3 Å². The summed E-state index contributed by atoms with van der Waals surface area (Å²) in [7, 11) is 0. The van der Waals surface area contributed by atoms with Gasteiger partial charge >= 0.3 is 12.1 Å². The normalized spacial score (nSPS) is 18.2. The molecule has 1 aromatic rings. The first kappa shape index (κ1) is 23.7. The van der Waals surface area contributed by atoms with Crippen LogP contribution in [0.3, 0.4) is 0 Å². The molecule has 7 heteroatoms. The van der Waals surface area contributed by atoms with Gasteiger partial charge in [-0.25, -0.2) is 14.6 Å². The van der Waals surface area contributed by atoms with Crippen molar-refractivity contribution in [3.05, 3.63) is 24.3 Å². The number of carbonyl (C=O) groups is 2. The molecule has 0 saturated carbocycles. The van der Waals surface area contributed by atoms with Gasteiger partial charge < -0.3 is 20.1 Å². The summed E-state index contributed by atoms with van der Waals surface area (Å²) in [6.07, 6.45) is 2.83. The summed E-state index contributed by atoms with van der Waals surface area (Å²) in [6, 6.07) is 7.29. The molecule has 0 aliphatic carbocycles. The van der Waals surface area contributed by atoms with E-state index in [2.05, 4.69) is 11.9 Å². The molecular formula is C23H35N3O4. The number of anilines is 1. The van der Waals surface area contributed by atoms with Gasteiger partial charge in [0.05, 0.1) is 18.0 Å². The van der Waals surface area contributed by atoms with Gasteiger partial charge in [-0.3, -0.25) is 0 Å². The molecule has 1 aliphatic rings. The number of likely N-dealkylation sites (tertiary alicyclic amines) is 1. The smallest absolute Gasteiger partial charge is 0.410 e. The summed E-state index contributed by atoms with van der Waals surface area (Å²) in [5.41, 5.74) is 6.89. The van der Waals surface area contributed by atoms with Gasteiger partial charge in [-0.05, 0) is 71.4 Å². The zero-order valence-corrected chi connectivity index (χ0v) is 18.8. The van der Waals surface area contributed by atoms with Crippen molar-refractivity contribution in [3.8, 4) is 0 Å². The lowest BCUT2D eigenvalue weighted by atomic mass is 9.94. The molecule has 1 saturated heterocycles. The number of amides is 1. The second kappa shape index (κ2) is 10.5. The number of nitrogen functional groups attached to an aromatic ring is 1. The maximum absolute atomic E-state index is 12.5. The number of nitrogens with two attached hydrogens (primary N) is 1. The van der Waals surface area contributed by atoms with E-state index in [1.54, 1.807) is 19.1 Å². The molecule has 0 bridgehead atoms. The molecule has 1 aliphatic heterocycles. The van der Waals surface area contributed by atoms with Crippen LogP contribution in [0.2, 0.25) is 0 Å². The fourth-order valence-corrected chi connectivity index (χ4v) is 3.64. The standard InChI is InChI=1S/C23H35N3O4/c1-6-29-21(27)20(25-19-12-8-7-11-18(19)24)15-16(2)14-17-10-9-13-26(17)22(28)30-23(3,4)5/h7-8,11-12,16-17H,6,9-10,13-15,24H2,1-5H3/t16-,17-/m0/s1. The average molecular weight is 418 g/mol. The molecule has 1 fully saturated rings. The molecule has 0 unspecified atom stereocenters. The predicted octanol–water partition coefficient (Wildman–Crippen LogP) is 4.72. The third kappa shape index (κ3) is 7.04. The zero-order valence-electron chi connectivity index (χ0n) is 18.8. The lowest BCUT2D eigenvalue weighted by Gasteiger charge is -2.30. The van der Waals surface area contributed by atoms with Gasteiger partial charge in [0.1, 0.15) is 11.3 Å². The number of esters is 1. The number of ether oxygens (including phenoxy) is 2. The lowest BCUT2D eigenvalue weighted by Crippen LogP contribution is -2.40. The molecule has 1 heterocycles. The van der Waals surface area contributed by atoms with Crippen LogP contribution < -0.4 is 5.73 Å². The van der Waals surface area contributed by atoms with Crippen molar-refractivity contribution >= 4 is 29.1 Å². The van der Waals surface area contributed by atoms with E-state index in [1.165, 1.54) is 0 Å². The molecule has 1 amide bonds. The Hall–Kier alpha value is -2.57. The van der Waals surface area contributed by atoms with Crippen LogP contribution in [0.15, 0.2) is 29.3 Å². The van der Waals surface area contributed by atoms with Crippen molar-refractivity contribution in [3.63, 3.8) is 0 Å². The maximum Gasteiger partial charge on any atom is 0.410 e. The molecule has 2 atom stereocenters. The quantitative estimate of drug-likeness (QED) is 0.393. The van der Waals surface area contributed by atoms with Gasteiger partial charge in [-0.1, -0.05) is 19.1 Å². The summed E-state index contributed by atoms with van der Waals surface area (Å²) in [4.78, 5) is 31.3. The van der Waals surface area contributed by atoms with E-state index >= 15 is 0 Å². The van der Waals surface area contributed by atoms with Crippen LogP contribution in [-0.4, -0.2) is 47.5 Å². The third-order valence-corrected chi connectivity index (χ3v) is 4.92. The number of rotatable bonds is 7. The first-order chi connectivity index (χ1) is 14.1. The molecule has 2 rings (SSSR count). The lowest BCUT2D eigenvalue weighted by molar-refractivity contribution is -0.135. The van der Waals surface area contributed by atoms with E-state index in [1.807, 2.05) is 37.8 Å². The Kier molecular flexibility index (Phi) is 8.26. The monoisotopic (exact) mass is 417 g/mol. The Balaban J connectivity index is 2.10. The van der Waals surface area contributed by atoms with Gasteiger partial charge in [-0.2, -0.15) is 0 Å². The average Bonchev–Trinajstić information content (AvgIpc) is 3.10. The summed E-state index contributed by atoms with van der Waals surface area (Å²) in [5.74, 6) is -0.297. The van der Waals surface area contributed by atoms with Gasteiger partial charge in [-0.15, -0.1) is 0 Å². The van der Waals surface area contributed by atoms with Gasteiger partial charge in [0.15, 0.2) is 0 Å². The van der Waals surface area contributed by atoms with E-state index < -0.39 is 11.6 Å². The van der Waals surface area contributed by atoms with Crippen molar-refractivity contribution in [2.75, 3.05) is 18.9 Å². The largest absolute Gasteiger partial charge is 0.462 e. The highest BCUT2D eigenvalue weighted by molar-refractivity contribution is 6.37. The minimum atomic E-state index is -0.519. The molecule has 166 valence electrons. The number of para-hydroxylation sites is 2. The number of benzene rings is 1. The summed E-state index contributed by atoms with van der Waals surface area (Å²) in [6.45, 7) is 10.4. The summed E-state index contributed by atoms with van der Waals surface area (Å²) in [5, 5.41) is 0. The molecule has 0 radical (unpaired) electrons. The summed E-state index contributed by atoms with van der Waals surface area (Å²) >= 11 is 0. The van der Waals surface area contributed by atoms with Crippen molar-refractivity contribution in [1.29, 1.82) is 0 Å². The Morgan fingerprint density at radius 1 is 1.30 bits per heavy atom. The minimum absolute atomic E-state index is 0.0973. The molecule has 1 aromatic carbocycles. The molecular weight excluding hydrogens is 382 g/mol. The number of nitrogens with zero attached hydrogens (tertiary/aromatic N) is 2. The predicted molar refractivity (Wildman–Crippen MR) is 119 cm³/mol. The van der Waals surface area contributed by atoms with Crippen LogP contribution in [0.5, 0.6) is 0 Å². The van der Waals surface area contributed by atoms with Crippen molar-refractivity contribution < 1.29 is 19.1 Å². The third-order valence-electron chi connectivity index (χ3n) is 4.92. The van der Waals surface area contributed by atoms with Gasteiger partial charge in [0, 0.05) is 12.6 Å². The van der Waals surface area contributed by atoms with Gasteiger partial charge in [0.2, 0.25) is 0 Å². The Morgan fingerprint density at radius 2 is 2.00 bits per heavy atom. The van der Waals surface area contributed by atoms with Crippen molar-refractivity contribution in [2.24, 2.45) is 10.9 Å². The maximum atomic E-state index is 12.5. The topological polar surface area (TPSA) is 94.2 Å². The molecule has 0 aromatic heterocycles. The highest BCUT2D eigenvalue weighted by Gasteiger charge is 2.33. The Morgan fingerprint density at radius 3 is 2.63 bits per heavy atom. The molecule has 30 heavy (non-hydrogen) atoms. The van der Waals surface area contributed by atoms with Crippen LogP contribution in [0, 0.1) is 5.92 Å². The van der Waals surface area contributed by atoms with Crippen molar-refractivity contribution in [2.45, 2.75) is 71.9 Å². The molecule has 0 spiro atoms. The second-order valence-corrected chi connectivity index (χ2v) is 8.85. The van der Waals surface area contributed by atoms with Crippen LogP contribution in [0.25, 0.3) is 0 Å². The van der Waals surface area contributed by atoms with E-state index in [0.717, 1.165) is 19.3 Å². The highest BCUT2D eigenvalue weighted by Crippen LogP contribution is 2.28. The number of aliphatic imine (C=N–C) groups is 1. The highest BCUT2D eigenvalue weighted by atomic mass is 16.6. The first-order valence-corrected chi connectivity index (χ1v) is 10.7. The number of carbonyl (C=O) groups excluding carboxylic acids is 2. The van der Waals surface area contributed by atoms with Gasteiger partial charge in [0.25, 0.3) is 0 Å². The second-order valence-electron chi connectivity index (χ2n) is 8.85.